The molecule has 0 saturated carbocycles. The number of amides is 2. The SMILES string of the molecule is CCCNC(=O)C(CC)N(Cc1ccc(Cl)cc1)C(=O)CN(c1ccccc1)S(=O)(=O)c1ccc(C)cc1. The predicted molar refractivity (Wildman–Crippen MR) is 152 cm³/mol. The van der Waals surface area contributed by atoms with Gasteiger partial charge in [-0.05, 0) is 61.7 Å². The summed E-state index contributed by atoms with van der Waals surface area (Å²) in [6, 6.07) is 21.2. The third-order valence-corrected chi connectivity index (χ3v) is 8.17. The number of hydrogen-bond donors (Lipinski definition) is 1. The first-order chi connectivity index (χ1) is 18.2. The molecule has 2 amide bonds. The van der Waals surface area contributed by atoms with E-state index in [-0.39, 0.29) is 17.3 Å². The van der Waals surface area contributed by atoms with Crippen LogP contribution >= 0.6 is 11.6 Å². The van der Waals surface area contributed by atoms with E-state index in [0.717, 1.165) is 21.9 Å². The van der Waals surface area contributed by atoms with Gasteiger partial charge in [-0.3, -0.25) is 13.9 Å². The van der Waals surface area contributed by atoms with E-state index >= 15 is 0 Å². The van der Waals surface area contributed by atoms with E-state index in [4.69, 9.17) is 11.6 Å². The van der Waals surface area contributed by atoms with E-state index in [1.54, 1.807) is 66.7 Å². The Balaban J connectivity index is 2.01. The molecule has 1 unspecified atom stereocenters. The third kappa shape index (κ3) is 7.36. The van der Waals surface area contributed by atoms with Crippen LogP contribution < -0.4 is 9.62 Å². The molecule has 0 fully saturated rings. The molecular weight excluding hydrogens is 522 g/mol. The molecule has 202 valence electrons. The van der Waals surface area contributed by atoms with E-state index in [1.165, 1.54) is 17.0 Å². The minimum atomic E-state index is -4.08. The normalized spacial score (nSPS) is 12.0. The fraction of sp³-hybridized carbons (Fsp3) is 0.310. The van der Waals surface area contributed by atoms with Crippen LogP contribution in [0.1, 0.15) is 37.8 Å². The van der Waals surface area contributed by atoms with E-state index in [2.05, 4.69) is 5.32 Å². The van der Waals surface area contributed by atoms with Crippen molar-refractivity contribution < 1.29 is 18.0 Å². The molecular formula is C29H34ClN3O4S. The van der Waals surface area contributed by atoms with Gasteiger partial charge in [0, 0.05) is 18.1 Å². The van der Waals surface area contributed by atoms with Crippen LogP contribution in [-0.2, 0) is 26.2 Å². The molecule has 0 saturated heterocycles. The Morgan fingerprint density at radius 2 is 1.55 bits per heavy atom. The van der Waals surface area contributed by atoms with Gasteiger partial charge in [0.1, 0.15) is 12.6 Å². The highest BCUT2D eigenvalue weighted by molar-refractivity contribution is 7.92. The minimum Gasteiger partial charge on any atom is -0.354 e. The van der Waals surface area contributed by atoms with E-state index in [0.29, 0.717) is 23.7 Å². The van der Waals surface area contributed by atoms with Gasteiger partial charge in [0.15, 0.2) is 0 Å². The lowest BCUT2D eigenvalue weighted by Gasteiger charge is -2.33. The van der Waals surface area contributed by atoms with Crippen molar-refractivity contribution in [2.75, 3.05) is 17.4 Å². The zero-order chi connectivity index (χ0) is 27.7. The van der Waals surface area contributed by atoms with Crippen LogP contribution in [0.4, 0.5) is 5.69 Å². The van der Waals surface area contributed by atoms with E-state index in [1.807, 2.05) is 20.8 Å². The number of carbonyl (C=O) groups excluding carboxylic acids is 2. The van der Waals surface area contributed by atoms with Crippen LogP contribution in [-0.4, -0.2) is 44.3 Å². The topological polar surface area (TPSA) is 86.8 Å². The average molecular weight is 556 g/mol. The summed E-state index contributed by atoms with van der Waals surface area (Å²) < 4.78 is 28.7. The number of sulfonamides is 1. The summed E-state index contributed by atoms with van der Waals surface area (Å²) in [5, 5.41) is 3.43. The van der Waals surface area contributed by atoms with Crippen molar-refractivity contribution in [2.45, 2.75) is 51.1 Å². The maximum Gasteiger partial charge on any atom is 0.264 e. The second-order valence-corrected chi connectivity index (χ2v) is 11.3. The maximum atomic E-state index is 13.9. The molecule has 0 bridgehead atoms. The Hall–Kier alpha value is -3.36. The molecule has 3 aromatic rings. The van der Waals surface area contributed by atoms with Crippen molar-refractivity contribution in [1.29, 1.82) is 0 Å². The Kier molecular flexibility index (Phi) is 10.3. The summed E-state index contributed by atoms with van der Waals surface area (Å²) in [6.07, 6.45) is 1.12. The summed E-state index contributed by atoms with van der Waals surface area (Å²) in [4.78, 5) is 28.5. The van der Waals surface area contributed by atoms with Crippen molar-refractivity contribution in [3.05, 3.63) is 95.0 Å². The molecule has 0 aromatic heterocycles. The summed E-state index contributed by atoms with van der Waals surface area (Å²) in [5.41, 5.74) is 2.05. The molecule has 38 heavy (non-hydrogen) atoms. The van der Waals surface area contributed by atoms with Gasteiger partial charge >= 0.3 is 0 Å². The van der Waals surface area contributed by atoms with Crippen LogP contribution in [0.2, 0.25) is 5.02 Å². The number of para-hydroxylation sites is 1. The second kappa shape index (κ2) is 13.4. The van der Waals surface area contributed by atoms with Gasteiger partial charge in [0.25, 0.3) is 10.0 Å². The lowest BCUT2D eigenvalue weighted by atomic mass is 10.1. The van der Waals surface area contributed by atoms with Gasteiger partial charge < -0.3 is 10.2 Å². The summed E-state index contributed by atoms with van der Waals surface area (Å²) in [6.45, 7) is 5.79. The fourth-order valence-electron chi connectivity index (χ4n) is 4.03. The number of carbonyl (C=O) groups is 2. The van der Waals surface area contributed by atoms with Crippen LogP contribution in [0.15, 0.2) is 83.8 Å². The smallest absolute Gasteiger partial charge is 0.264 e. The molecule has 3 aromatic carbocycles. The highest BCUT2D eigenvalue weighted by Gasteiger charge is 2.33. The number of rotatable bonds is 12. The molecule has 0 spiro atoms. The zero-order valence-electron chi connectivity index (χ0n) is 21.9. The highest BCUT2D eigenvalue weighted by Crippen LogP contribution is 2.25. The van der Waals surface area contributed by atoms with Crippen molar-refractivity contribution in [3.8, 4) is 0 Å². The number of aryl methyl sites for hydroxylation is 1. The second-order valence-electron chi connectivity index (χ2n) is 9.02. The molecule has 9 heteroatoms. The first kappa shape index (κ1) is 29.2. The monoisotopic (exact) mass is 555 g/mol. The molecule has 3 rings (SSSR count). The Morgan fingerprint density at radius 3 is 2.13 bits per heavy atom. The van der Waals surface area contributed by atoms with Gasteiger partial charge in [-0.25, -0.2) is 8.42 Å². The quantitative estimate of drug-likeness (QED) is 0.334. The van der Waals surface area contributed by atoms with E-state index in [9.17, 15) is 18.0 Å². The van der Waals surface area contributed by atoms with Crippen molar-refractivity contribution in [1.82, 2.24) is 10.2 Å². The first-order valence-corrected chi connectivity index (χ1v) is 14.4. The molecule has 0 heterocycles. The van der Waals surface area contributed by atoms with Gasteiger partial charge in [0.2, 0.25) is 11.8 Å². The van der Waals surface area contributed by atoms with Gasteiger partial charge in [-0.15, -0.1) is 0 Å². The number of benzene rings is 3. The third-order valence-electron chi connectivity index (χ3n) is 6.13. The van der Waals surface area contributed by atoms with Crippen molar-refractivity contribution >= 4 is 39.1 Å². The molecule has 0 radical (unpaired) electrons. The number of nitrogens with zero attached hydrogens (tertiary/aromatic N) is 2. The average Bonchev–Trinajstić information content (AvgIpc) is 2.92. The van der Waals surface area contributed by atoms with Crippen LogP contribution in [0.5, 0.6) is 0 Å². The van der Waals surface area contributed by atoms with Crippen LogP contribution in [0, 0.1) is 6.92 Å². The summed E-state index contributed by atoms with van der Waals surface area (Å²) in [7, 11) is -4.08. The minimum absolute atomic E-state index is 0.0803. The Morgan fingerprint density at radius 1 is 0.921 bits per heavy atom. The summed E-state index contributed by atoms with van der Waals surface area (Å²) in [5.74, 6) is -0.762. The molecule has 1 atom stereocenters. The highest BCUT2D eigenvalue weighted by atomic mass is 35.5. The number of nitrogens with one attached hydrogen (secondary N) is 1. The molecule has 1 N–H and O–H groups in total. The van der Waals surface area contributed by atoms with E-state index < -0.39 is 28.5 Å². The van der Waals surface area contributed by atoms with Crippen LogP contribution in [0.25, 0.3) is 0 Å². The molecule has 0 aliphatic carbocycles. The number of anilines is 1. The largest absolute Gasteiger partial charge is 0.354 e. The Labute approximate surface area is 230 Å². The molecule has 7 nitrogen and oxygen atoms in total. The lowest BCUT2D eigenvalue weighted by Crippen LogP contribution is -2.52. The molecule has 0 aliphatic heterocycles. The maximum absolute atomic E-state index is 13.9. The van der Waals surface area contributed by atoms with Gasteiger partial charge in [0.05, 0.1) is 10.6 Å². The summed E-state index contributed by atoms with van der Waals surface area (Å²) >= 11 is 6.05. The lowest BCUT2D eigenvalue weighted by molar-refractivity contribution is -0.140. The number of halogens is 1. The fourth-order valence-corrected chi connectivity index (χ4v) is 5.57. The van der Waals surface area contributed by atoms with Crippen molar-refractivity contribution in [2.24, 2.45) is 0 Å². The van der Waals surface area contributed by atoms with Crippen LogP contribution in [0.3, 0.4) is 0 Å². The van der Waals surface area contributed by atoms with Gasteiger partial charge in [-0.2, -0.15) is 0 Å². The standard InChI is InChI=1S/C29H34ClN3O4S/c1-4-19-31-29(35)27(5-2)32(20-23-13-15-24(30)16-14-23)28(34)21-33(25-9-7-6-8-10-25)38(36,37)26-17-11-22(3)12-18-26/h6-18,27H,4-5,19-21H2,1-3H3,(H,31,35). The number of hydrogen-bond acceptors (Lipinski definition) is 4. The zero-order valence-corrected chi connectivity index (χ0v) is 23.5. The van der Waals surface area contributed by atoms with Gasteiger partial charge in [-0.1, -0.05) is 73.5 Å². The molecule has 0 aliphatic rings. The van der Waals surface area contributed by atoms with Crippen molar-refractivity contribution in [3.63, 3.8) is 0 Å². The predicted octanol–water partition coefficient (Wildman–Crippen LogP) is 5.18. The Bertz CT molecular complexity index is 1310. The first-order valence-electron chi connectivity index (χ1n) is 12.6.